The molecule has 96 valence electrons. The first kappa shape index (κ1) is 12.4. The van der Waals surface area contributed by atoms with Crippen LogP contribution in [-0.2, 0) is 0 Å². The van der Waals surface area contributed by atoms with Gasteiger partial charge in [0.25, 0.3) is 5.56 Å². The van der Waals surface area contributed by atoms with Crippen LogP contribution in [0.2, 0.25) is 0 Å². The number of rotatable bonds is 3. The number of fused-ring (bicyclic) bond motifs is 1. The van der Waals surface area contributed by atoms with Crippen molar-refractivity contribution in [1.29, 1.82) is 0 Å². The maximum Gasteiger partial charge on any atom is 0.262 e. The number of benzene rings is 1. The van der Waals surface area contributed by atoms with E-state index in [1.54, 1.807) is 19.2 Å². The van der Waals surface area contributed by atoms with E-state index in [1.807, 2.05) is 13.8 Å². The molecular formula is C13H16N2O3. The summed E-state index contributed by atoms with van der Waals surface area (Å²) in [6, 6.07) is 3.41. The number of ether oxygens (including phenoxy) is 2. The average molecular weight is 248 g/mol. The highest BCUT2D eigenvalue weighted by Crippen LogP contribution is 2.28. The van der Waals surface area contributed by atoms with Crippen LogP contribution in [-0.4, -0.2) is 24.2 Å². The fourth-order valence-electron chi connectivity index (χ4n) is 1.78. The van der Waals surface area contributed by atoms with Gasteiger partial charge >= 0.3 is 0 Å². The summed E-state index contributed by atoms with van der Waals surface area (Å²) in [4.78, 5) is 19.3. The molecule has 1 heterocycles. The van der Waals surface area contributed by atoms with Crippen LogP contribution in [0.4, 0.5) is 0 Å². The molecule has 0 saturated heterocycles. The second-order valence-electron chi connectivity index (χ2n) is 4.33. The van der Waals surface area contributed by atoms with Crippen molar-refractivity contribution in [3.63, 3.8) is 0 Å². The first-order chi connectivity index (χ1) is 8.56. The van der Waals surface area contributed by atoms with E-state index in [0.717, 1.165) is 0 Å². The normalized spacial score (nSPS) is 10.9. The summed E-state index contributed by atoms with van der Waals surface area (Å²) >= 11 is 0. The van der Waals surface area contributed by atoms with Crippen molar-refractivity contribution >= 4 is 10.9 Å². The Kier molecular flexibility index (Phi) is 3.23. The lowest BCUT2D eigenvalue weighted by atomic mass is 10.1. The molecule has 0 fully saturated rings. The highest BCUT2D eigenvalue weighted by molar-refractivity contribution is 5.85. The molecule has 0 aliphatic heterocycles. The molecule has 5 heteroatoms. The minimum atomic E-state index is -0.191. The average Bonchev–Trinajstić information content (AvgIpc) is 2.36. The van der Waals surface area contributed by atoms with Crippen molar-refractivity contribution in [2.24, 2.45) is 0 Å². The van der Waals surface area contributed by atoms with Gasteiger partial charge in [-0.05, 0) is 0 Å². The SMILES string of the molecule is COc1cc(OC)c2c(=O)[nH]c(C(C)C)nc2c1. The third-order valence-electron chi connectivity index (χ3n) is 2.77. The number of hydrogen-bond donors (Lipinski definition) is 1. The maximum absolute atomic E-state index is 12.1. The zero-order chi connectivity index (χ0) is 13.3. The van der Waals surface area contributed by atoms with Crippen molar-refractivity contribution in [1.82, 2.24) is 9.97 Å². The van der Waals surface area contributed by atoms with Crippen LogP contribution in [0, 0.1) is 0 Å². The van der Waals surface area contributed by atoms with Crippen LogP contribution in [0.5, 0.6) is 11.5 Å². The standard InChI is InChI=1S/C13H16N2O3/c1-7(2)12-14-9-5-8(17-3)6-10(18-4)11(9)13(16)15-12/h5-7H,1-4H3,(H,14,15,16). The van der Waals surface area contributed by atoms with Crippen molar-refractivity contribution in [2.75, 3.05) is 14.2 Å². The molecule has 0 amide bonds. The fraction of sp³-hybridized carbons (Fsp3) is 0.385. The van der Waals surface area contributed by atoms with Crippen molar-refractivity contribution in [3.8, 4) is 11.5 Å². The molecule has 1 aromatic heterocycles. The highest BCUT2D eigenvalue weighted by atomic mass is 16.5. The number of aromatic amines is 1. The Balaban J connectivity index is 2.82. The van der Waals surface area contributed by atoms with Crippen molar-refractivity contribution < 1.29 is 9.47 Å². The van der Waals surface area contributed by atoms with Crippen LogP contribution in [0.25, 0.3) is 10.9 Å². The molecule has 2 rings (SSSR count). The second kappa shape index (κ2) is 4.68. The van der Waals surface area contributed by atoms with Crippen LogP contribution in [0.15, 0.2) is 16.9 Å². The number of methoxy groups -OCH3 is 2. The number of H-pyrrole nitrogens is 1. The maximum atomic E-state index is 12.1. The quantitative estimate of drug-likeness (QED) is 0.903. The van der Waals surface area contributed by atoms with Gasteiger partial charge in [0.05, 0.1) is 19.7 Å². The van der Waals surface area contributed by atoms with Gasteiger partial charge in [0, 0.05) is 18.1 Å². The summed E-state index contributed by atoms with van der Waals surface area (Å²) in [5, 5.41) is 0.447. The van der Waals surface area contributed by atoms with Crippen LogP contribution in [0.3, 0.4) is 0 Å². The van der Waals surface area contributed by atoms with Gasteiger partial charge in [0.15, 0.2) is 0 Å². The van der Waals surface area contributed by atoms with E-state index in [9.17, 15) is 4.79 Å². The Labute approximate surface area is 105 Å². The summed E-state index contributed by atoms with van der Waals surface area (Å²) in [5.74, 6) is 1.89. The molecule has 1 aromatic carbocycles. The molecule has 0 aliphatic carbocycles. The van der Waals surface area contributed by atoms with E-state index < -0.39 is 0 Å². The number of nitrogens with zero attached hydrogens (tertiary/aromatic N) is 1. The van der Waals surface area contributed by atoms with Gasteiger partial charge in [0.1, 0.15) is 22.7 Å². The van der Waals surface area contributed by atoms with Crippen molar-refractivity contribution in [3.05, 3.63) is 28.3 Å². The first-order valence-corrected chi connectivity index (χ1v) is 5.72. The van der Waals surface area contributed by atoms with E-state index in [1.165, 1.54) is 7.11 Å². The molecular weight excluding hydrogens is 232 g/mol. The lowest BCUT2D eigenvalue weighted by Gasteiger charge is -2.10. The largest absolute Gasteiger partial charge is 0.497 e. The Morgan fingerprint density at radius 3 is 2.50 bits per heavy atom. The topological polar surface area (TPSA) is 64.2 Å². The first-order valence-electron chi connectivity index (χ1n) is 5.72. The summed E-state index contributed by atoms with van der Waals surface area (Å²) in [6.07, 6.45) is 0. The van der Waals surface area contributed by atoms with E-state index >= 15 is 0 Å². The second-order valence-corrected chi connectivity index (χ2v) is 4.33. The van der Waals surface area contributed by atoms with Crippen molar-refractivity contribution in [2.45, 2.75) is 19.8 Å². The molecule has 0 saturated carbocycles. The highest BCUT2D eigenvalue weighted by Gasteiger charge is 2.13. The van der Waals surface area contributed by atoms with E-state index in [-0.39, 0.29) is 11.5 Å². The molecule has 5 nitrogen and oxygen atoms in total. The summed E-state index contributed by atoms with van der Waals surface area (Å²) in [5.41, 5.74) is 0.391. The number of hydrogen-bond acceptors (Lipinski definition) is 4. The smallest absolute Gasteiger partial charge is 0.262 e. The van der Waals surface area contributed by atoms with E-state index in [2.05, 4.69) is 9.97 Å². The van der Waals surface area contributed by atoms with Gasteiger partial charge in [-0.15, -0.1) is 0 Å². The van der Waals surface area contributed by atoms with Gasteiger partial charge in [-0.1, -0.05) is 13.8 Å². The Bertz CT molecular complexity index is 632. The van der Waals surface area contributed by atoms with Crippen LogP contribution < -0.4 is 15.0 Å². The molecule has 0 spiro atoms. The van der Waals surface area contributed by atoms with Gasteiger partial charge in [0.2, 0.25) is 0 Å². The predicted molar refractivity (Wildman–Crippen MR) is 69.6 cm³/mol. The third kappa shape index (κ3) is 2.03. The minimum Gasteiger partial charge on any atom is -0.497 e. The lowest BCUT2D eigenvalue weighted by molar-refractivity contribution is 0.397. The van der Waals surface area contributed by atoms with Gasteiger partial charge in [-0.25, -0.2) is 4.98 Å². The van der Waals surface area contributed by atoms with E-state index in [0.29, 0.717) is 28.2 Å². The van der Waals surface area contributed by atoms with Crippen LogP contribution >= 0.6 is 0 Å². The van der Waals surface area contributed by atoms with Gasteiger partial charge < -0.3 is 14.5 Å². The molecule has 0 radical (unpaired) electrons. The monoisotopic (exact) mass is 248 g/mol. The summed E-state index contributed by atoms with van der Waals surface area (Å²) < 4.78 is 10.4. The van der Waals surface area contributed by atoms with Crippen LogP contribution in [0.1, 0.15) is 25.6 Å². The molecule has 18 heavy (non-hydrogen) atoms. The fourth-order valence-corrected chi connectivity index (χ4v) is 1.78. The molecule has 0 aliphatic rings. The Morgan fingerprint density at radius 2 is 1.94 bits per heavy atom. The minimum absolute atomic E-state index is 0.152. The summed E-state index contributed by atoms with van der Waals surface area (Å²) in [7, 11) is 3.08. The molecule has 0 unspecified atom stereocenters. The lowest BCUT2D eigenvalue weighted by Crippen LogP contribution is -2.13. The predicted octanol–water partition coefficient (Wildman–Crippen LogP) is 2.06. The number of aromatic nitrogens is 2. The molecule has 1 N–H and O–H groups in total. The van der Waals surface area contributed by atoms with Gasteiger partial charge in [-0.3, -0.25) is 4.79 Å². The number of nitrogens with one attached hydrogen (secondary N) is 1. The van der Waals surface area contributed by atoms with E-state index in [4.69, 9.17) is 9.47 Å². The summed E-state index contributed by atoms with van der Waals surface area (Å²) in [6.45, 7) is 3.95. The molecule has 0 atom stereocenters. The Hall–Kier alpha value is -2.04. The molecule has 0 bridgehead atoms. The van der Waals surface area contributed by atoms with Gasteiger partial charge in [-0.2, -0.15) is 0 Å². The Morgan fingerprint density at radius 1 is 1.22 bits per heavy atom. The zero-order valence-electron chi connectivity index (χ0n) is 10.9. The zero-order valence-corrected chi connectivity index (χ0v) is 10.9. The third-order valence-corrected chi connectivity index (χ3v) is 2.77. The molecule has 2 aromatic rings.